The predicted molar refractivity (Wildman–Crippen MR) is 75.2 cm³/mol. The number of thiophene rings is 1. The van der Waals surface area contributed by atoms with E-state index >= 15 is 0 Å². The summed E-state index contributed by atoms with van der Waals surface area (Å²) in [5.41, 5.74) is 6.85. The Morgan fingerprint density at radius 3 is 2.74 bits per heavy atom. The zero-order chi connectivity index (χ0) is 13.8. The molecular weight excluding hydrogens is 260 g/mol. The highest BCUT2D eigenvalue weighted by Gasteiger charge is 2.11. The Morgan fingerprint density at radius 2 is 2.11 bits per heavy atom. The van der Waals surface area contributed by atoms with Crippen LogP contribution < -0.4 is 11.1 Å². The van der Waals surface area contributed by atoms with Gasteiger partial charge >= 0.3 is 0 Å². The van der Waals surface area contributed by atoms with Gasteiger partial charge in [-0.05, 0) is 36.1 Å². The third-order valence-electron chi connectivity index (χ3n) is 2.77. The Kier molecular flexibility index (Phi) is 3.97. The molecule has 2 amide bonds. The summed E-state index contributed by atoms with van der Waals surface area (Å²) in [6, 6.07) is 8.82. The van der Waals surface area contributed by atoms with E-state index in [-0.39, 0.29) is 5.91 Å². The smallest absolute Gasteiger partial charge is 0.251 e. The molecule has 0 unspecified atom stereocenters. The highest BCUT2D eigenvalue weighted by atomic mass is 32.1. The first-order chi connectivity index (χ1) is 9.08. The molecule has 0 saturated carbocycles. The van der Waals surface area contributed by atoms with Gasteiger partial charge in [-0.1, -0.05) is 12.1 Å². The van der Waals surface area contributed by atoms with Crippen LogP contribution in [0.25, 0.3) is 0 Å². The highest BCUT2D eigenvalue weighted by molar-refractivity contribution is 7.09. The third kappa shape index (κ3) is 3.20. The van der Waals surface area contributed by atoms with Gasteiger partial charge in [-0.15, -0.1) is 11.3 Å². The molecule has 19 heavy (non-hydrogen) atoms. The highest BCUT2D eigenvalue weighted by Crippen LogP contribution is 2.12. The lowest BCUT2D eigenvalue weighted by atomic mass is 10.0. The maximum atomic E-state index is 12.0. The lowest BCUT2D eigenvalue weighted by molar-refractivity contribution is 0.0951. The van der Waals surface area contributed by atoms with Gasteiger partial charge in [-0.25, -0.2) is 0 Å². The normalized spacial score (nSPS) is 10.2. The minimum Gasteiger partial charge on any atom is -0.366 e. The molecule has 2 aromatic rings. The zero-order valence-electron chi connectivity index (χ0n) is 10.5. The van der Waals surface area contributed by atoms with E-state index in [4.69, 9.17) is 5.73 Å². The van der Waals surface area contributed by atoms with Crippen molar-refractivity contribution < 1.29 is 9.59 Å². The number of nitrogens with two attached hydrogens (primary N) is 1. The van der Waals surface area contributed by atoms with Crippen molar-refractivity contribution in [1.82, 2.24) is 5.32 Å². The van der Waals surface area contributed by atoms with Crippen molar-refractivity contribution in [1.29, 1.82) is 0 Å². The van der Waals surface area contributed by atoms with Gasteiger partial charge in [0.1, 0.15) is 0 Å². The molecule has 0 atom stereocenters. The van der Waals surface area contributed by atoms with E-state index < -0.39 is 5.91 Å². The molecule has 4 nitrogen and oxygen atoms in total. The molecule has 0 aliphatic carbocycles. The number of benzene rings is 1. The van der Waals surface area contributed by atoms with E-state index in [1.165, 1.54) is 6.07 Å². The number of hydrogen-bond acceptors (Lipinski definition) is 3. The van der Waals surface area contributed by atoms with Crippen LogP contribution in [0, 0.1) is 6.92 Å². The van der Waals surface area contributed by atoms with Crippen LogP contribution in [0.1, 0.15) is 31.2 Å². The van der Waals surface area contributed by atoms with Crippen LogP contribution >= 0.6 is 11.3 Å². The van der Waals surface area contributed by atoms with Crippen LogP contribution in [-0.4, -0.2) is 11.8 Å². The molecule has 0 spiro atoms. The van der Waals surface area contributed by atoms with Crippen molar-refractivity contribution in [2.45, 2.75) is 13.5 Å². The molecule has 0 bridgehead atoms. The summed E-state index contributed by atoms with van der Waals surface area (Å²) < 4.78 is 0. The first-order valence-electron chi connectivity index (χ1n) is 5.79. The molecular formula is C14H14N2O2S. The minimum atomic E-state index is -0.523. The van der Waals surface area contributed by atoms with Gasteiger partial charge in [-0.2, -0.15) is 0 Å². The Balaban J connectivity index is 2.11. The summed E-state index contributed by atoms with van der Waals surface area (Å²) in [5.74, 6) is -0.735. The molecule has 3 N–H and O–H groups in total. The van der Waals surface area contributed by atoms with Crippen molar-refractivity contribution in [3.05, 3.63) is 57.3 Å². The molecule has 0 saturated heterocycles. The number of nitrogens with one attached hydrogen (secondary N) is 1. The van der Waals surface area contributed by atoms with Crippen molar-refractivity contribution in [3.8, 4) is 0 Å². The first-order valence-corrected chi connectivity index (χ1v) is 6.67. The summed E-state index contributed by atoms with van der Waals surface area (Å²) in [6.07, 6.45) is 0. The number of rotatable bonds is 4. The topological polar surface area (TPSA) is 72.2 Å². The molecule has 0 fully saturated rings. The first kappa shape index (κ1) is 13.3. The van der Waals surface area contributed by atoms with Crippen molar-refractivity contribution in [2.24, 2.45) is 5.73 Å². The fourth-order valence-corrected chi connectivity index (χ4v) is 2.36. The summed E-state index contributed by atoms with van der Waals surface area (Å²) in [7, 11) is 0. The molecule has 0 aliphatic heterocycles. The summed E-state index contributed by atoms with van der Waals surface area (Å²) >= 11 is 1.58. The van der Waals surface area contributed by atoms with E-state index in [0.717, 1.165) is 10.4 Å². The van der Waals surface area contributed by atoms with Gasteiger partial charge in [0.2, 0.25) is 5.91 Å². The largest absolute Gasteiger partial charge is 0.366 e. The second-order valence-electron chi connectivity index (χ2n) is 4.16. The molecule has 0 radical (unpaired) electrons. The van der Waals surface area contributed by atoms with Crippen LogP contribution in [0.3, 0.4) is 0 Å². The van der Waals surface area contributed by atoms with Gasteiger partial charge in [0.05, 0.1) is 6.54 Å². The Bertz CT molecular complexity index is 606. The fourth-order valence-electron chi connectivity index (χ4n) is 1.71. The zero-order valence-corrected chi connectivity index (χ0v) is 11.3. The van der Waals surface area contributed by atoms with Gasteiger partial charge in [-0.3, -0.25) is 9.59 Å². The number of primary amides is 1. The van der Waals surface area contributed by atoms with Crippen molar-refractivity contribution in [3.63, 3.8) is 0 Å². The van der Waals surface area contributed by atoms with Gasteiger partial charge in [0, 0.05) is 16.0 Å². The van der Waals surface area contributed by atoms with E-state index in [1.54, 1.807) is 30.4 Å². The minimum absolute atomic E-state index is 0.212. The lowest BCUT2D eigenvalue weighted by Gasteiger charge is -2.07. The summed E-state index contributed by atoms with van der Waals surface area (Å²) in [5, 5.41) is 4.76. The van der Waals surface area contributed by atoms with Crippen LogP contribution in [-0.2, 0) is 6.54 Å². The SMILES string of the molecule is Cc1ccc(C(=O)NCc2cccs2)cc1C(N)=O. The number of carbonyl (C=O) groups excluding carboxylic acids is 2. The number of carbonyl (C=O) groups is 2. The van der Waals surface area contributed by atoms with Crippen molar-refractivity contribution in [2.75, 3.05) is 0 Å². The molecule has 98 valence electrons. The molecule has 2 rings (SSSR count). The van der Waals surface area contributed by atoms with E-state index in [1.807, 2.05) is 17.5 Å². The average Bonchev–Trinajstić information content (AvgIpc) is 2.89. The molecule has 0 aliphatic rings. The lowest BCUT2D eigenvalue weighted by Crippen LogP contribution is -2.23. The number of amides is 2. The fraction of sp³-hybridized carbons (Fsp3) is 0.143. The molecule has 1 aromatic carbocycles. The molecule has 1 aromatic heterocycles. The van der Waals surface area contributed by atoms with E-state index in [9.17, 15) is 9.59 Å². The summed E-state index contributed by atoms with van der Waals surface area (Å²) in [6.45, 7) is 2.27. The Hall–Kier alpha value is -2.14. The van der Waals surface area contributed by atoms with E-state index in [2.05, 4.69) is 5.32 Å². The summed E-state index contributed by atoms with van der Waals surface area (Å²) in [4.78, 5) is 24.3. The van der Waals surface area contributed by atoms with Gasteiger partial charge in [0.25, 0.3) is 5.91 Å². The maximum absolute atomic E-state index is 12.0. The van der Waals surface area contributed by atoms with Crippen LogP contribution in [0.4, 0.5) is 0 Å². The van der Waals surface area contributed by atoms with Crippen LogP contribution in [0.15, 0.2) is 35.7 Å². The van der Waals surface area contributed by atoms with Gasteiger partial charge < -0.3 is 11.1 Å². The number of aryl methyl sites for hydroxylation is 1. The predicted octanol–water partition coefficient (Wildman–Crippen LogP) is 2.09. The number of hydrogen-bond donors (Lipinski definition) is 2. The van der Waals surface area contributed by atoms with E-state index in [0.29, 0.717) is 17.7 Å². The Labute approximate surface area is 115 Å². The molecule has 1 heterocycles. The maximum Gasteiger partial charge on any atom is 0.251 e. The van der Waals surface area contributed by atoms with Crippen LogP contribution in [0.2, 0.25) is 0 Å². The average molecular weight is 274 g/mol. The third-order valence-corrected chi connectivity index (χ3v) is 3.64. The van der Waals surface area contributed by atoms with Crippen molar-refractivity contribution >= 4 is 23.2 Å². The van der Waals surface area contributed by atoms with Crippen LogP contribution in [0.5, 0.6) is 0 Å². The molecule has 5 heteroatoms. The van der Waals surface area contributed by atoms with Gasteiger partial charge in [0.15, 0.2) is 0 Å². The Morgan fingerprint density at radius 1 is 1.32 bits per heavy atom. The standard InChI is InChI=1S/C14H14N2O2S/c1-9-4-5-10(7-12(9)13(15)17)14(18)16-8-11-3-2-6-19-11/h2-7H,8H2,1H3,(H2,15,17)(H,16,18). The quantitative estimate of drug-likeness (QED) is 0.896. The second-order valence-corrected chi connectivity index (χ2v) is 5.19. The second kappa shape index (κ2) is 5.67. The monoisotopic (exact) mass is 274 g/mol.